The van der Waals surface area contributed by atoms with Gasteiger partial charge in [0.15, 0.2) is 0 Å². The maximum Gasteiger partial charge on any atom is 0.338 e. The molecule has 3 aromatic carbocycles. The van der Waals surface area contributed by atoms with Crippen molar-refractivity contribution in [2.45, 2.75) is 20.0 Å². The number of benzene rings is 3. The molecule has 0 aliphatic heterocycles. The molecule has 3 N–H and O–H groups in total. The molecule has 0 heterocycles. The van der Waals surface area contributed by atoms with Gasteiger partial charge < -0.3 is 24.8 Å². The van der Waals surface area contributed by atoms with Crippen LogP contribution in [0.4, 0.5) is 0 Å². The van der Waals surface area contributed by atoms with Gasteiger partial charge in [-0.15, -0.1) is 0 Å². The topological polar surface area (TPSA) is 113 Å². The molecule has 170 valence electrons. The number of rotatable bonds is 5. The van der Waals surface area contributed by atoms with Gasteiger partial charge in [0, 0.05) is 0 Å². The number of hydrogen-bond acceptors (Lipinski definition) is 7. The van der Waals surface area contributed by atoms with E-state index in [4.69, 9.17) is 20.1 Å². The molecule has 3 aromatic rings. The molecule has 0 aliphatic carbocycles. The van der Waals surface area contributed by atoms with Gasteiger partial charge in [-0.3, -0.25) is 0 Å². The first-order valence-electron chi connectivity index (χ1n) is 9.89. The molecule has 0 atom stereocenters. The second-order valence-electron chi connectivity index (χ2n) is 6.36. The van der Waals surface area contributed by atoms with Crippen molar-refractivity contribution in [3.63, 3.8) is 0 Å². The highest BCUT2D eigenvalue weighted by Crippen LogP contribution is 2.11. The summed E-state index contributed by atoms with van der Waals surface area (Å²) in [6.45, 7) is 2.50. The van der Waals surface area contributed by atoms with Crippen LogP contribution in [0.1, 0.15) is 39.6 Å². The highest BCUT2D eigenvalue weighted by atomic mass is 16.5. The monoisotopic (exact) mass is 440 g/mol. The Hall–Kier alpha value is -3.84. The Morgan fingerprint density at radius 3 is 1.59 bits per heavy atom. The maximum atomic E-state index is 11.2. The van der Waals surface area contributed by atoms with Crippen molar-refractivity contribution in [3.05, 3.63) is 95.6 Å². The van der Waals surface area contributed by atoms with Crippen molar-refractivity contribution in [2.75, 3.05) is 13.7 Å². The summed E-state index contributed by atoms with van der Waals surface area (Å²) in [5.74, 6) is -0.462. The summed E-state index contributed by atoms with van der Waals surface area (Å²) in [5, 5.41) is 26.4. The average Bonchev–Trinajstić information content (AvgIpc) is 2.84. The SMILES string of the molecule is CCCOC(=O)c1ccc(O)cc1.COC(=O)c1ccc(O)cc1.OCc1ccccc1. The van der Waals surface area contributed by atoms with Crippen LogP contribution in [0.2, 0.25) is 0 Å². The maximum absolute atomic E-state index is 11.2. The number of aliphatic hydroxyl groups excluding tert-OH is 1. The molecule has 0 saturated heterocycles. The van der Waals surface area contributed by atoms with Gasteiger partial charge >= 0.3 is 11.9 Å². The molecular formula is C25H28O7. The number of carbonyl (C=O) groups excluding carboxylic acids is 2. The lowest BCUT2D eigenvalue weighted by molar-refractivity contribution is 0.0504. The first-order chi connectivity index (χ1) is 15.4. The Balaban J connectivity index is 0.000000247. The fraction of sp³-hybridized carbons (Fsp3) is 0.200. The highest BCUT2D eigenvalue weighted by Gasteiger charge is 2.05. The van der Waals surface area contributed by atoms with Crippen molar-refractivity contribution in [2.24, 2.45) is 0 Å². The molecular weight excluding hydrogens is 412 g/mol. The molecule has 3 rings (SSSR count). The Labute approximate surface area is 187 Å². The van der Waals surface area contributed by atoms with E-state index in [2.05, 4.69) is 4.74 Å². The first kappa shape index (κ1) is 26.2. The van der Waals surface area contributed by atoms with Crippen molar-refractivity contribution >= 4 is 11.9 Å². The molecule has 0 spiro atoms. The fourth-order valence-corrected chi connectivity index (χ4v) is 2.17. The third kappa shape index (κ3) is 10.3. The third-order valence-corrected chi connectivity index (χ3v) is 3.85. The van der Waals surface area contributed by atoms with Crippen LogP contribution in [0.5, 0.6) is 11.5 Å². The number of phenolic OH excluding ortho intramolecular Hbond substituents is 2. The Morgan fingerprint density at radius 1 is 0.750 bits per heavy atom. The zero-order chi connectivity index (χ0) is 23.8. The lowest BCUT2D eigenvalue weighted by Crippen LogP contribution is -2.05. The molecule has 0 unspecified atom stereocenters. The standard InChI is InChI=1S/C10H12O3.C8H8O3.C7H8O/c1-2-7-13-10(12)8-3-5-9(11)6-4-8;1-11-8(10)6-2-4-7(9)5-3-6;8-6-7-4-2-1-3-5-7/h3-6,11H,2,7H2,1H3;2-5,9H,1H3;1-5,8H,6H2. The summed E-state index contributed by atoms with van der Waals surface area (Å²) in [7, 11) is 1.31. The molecule has 0 aliphatic rings. The van der Waals surface area contributed by atoms with Gasteiger partial charge in [0.05, 0.1) is 31.5 Å². The molecule has 0 saturated carbocycles. The lowest BCUT2D eigenvalue weighted by Gasteiger charge is -2.02. The first-order valence-corrected chi connectivity index (χ1v) is 9.89. The molecule has 0 bridgehead atoms. The molecule has 7 nitrogen and oxygen atoms in total. The van der Waals surface area contributed by atoms with Crippen LogP contribution in [0.15, 0.2) is 78.9 Å². The number of carbonyl (C=O) groups is 2. The van der Waals surface area contributed by atoms with Crippen molar-refractivity contribution in [1.82, 2.24) is 0 Å². The van der Waals surface area contributed by atoms with Crippen LogP contribution in [0.3, 0.4) is 0 Å². The number of aliphatic hydroxyl groups is 1. The van der Waals surface area contributed by atoms with E-state index in [9.17, 15) is 9.59 Å². The van der Waals surface area contributed by atoms with Gasteiger partial charge in [-0.2, -0.15) is 0 Å². The van der Waals surface area contributed by atoms with E-state index >= 15 is 0 Å². The van der Waals surface area contributed by atoms with E-state index in [1.54, 1.807) is 0 Å². The minimum absolute atomic E-state index is 0.137. The van der Waals surface area contributed by atoms with E-state index in [1.165, 1.54) is 55.6 Å². The zero-order valence-corrected chi connectivity index (χ0v) is 18.1. The minimum atomic E-state index is -0.398. The van der Waals surface area contributed by atoms with Crippen molar-refractivity contribution < 1.29 is 34.4 Å². The van der Waals surface area contributed by atoms with E-state index in [0.717, 1.165) is 12.0 Å². The van der Waals surface area contributed by atoms with Crippen molar-refractivity contribution in [3.8, 4) is 11.5 Å². The van der Waals surface area contributed by atoms with Gasteiger partial charge in [0.1, 0.15) is 11.5 Å². The predicted molar refractivity (Wildman–Crippen MR) is 120 cm³/mol. The quantitative estimate of drug-likeness (QED) is 0.507. The molecule has 0 radical (unpaired) electrons. The zero-order valence-electron chi connectivity index (χ0n) is 18.1. The van der Waals surface area contributed by atoms with Gasteiger partial charge in [0.25, 0.3) is 0 Å². The van der Waals surface area contributed by atoms with E-state index in [1.807, 2.05) is 37.3 Å². The smallest absolute Gasteiger partial charge is 0.338 e. The number of aromatic hydroxyl groups is 2. The summed E-state index contributed by atoms with van der Waals surface area (Å²) in [6, 6.07) is 21.4. The van der Waals surface area contributed by atoms with Gasteiger partial charge in [-0.05, 0) is 60.5 Å². The van der Waals surface area contributed by atoms with Crippen LogP contribution in [0, 0.1) is 0 Å². The Bertz CT molecular complexity index is 921. The van der Waals surface area contributed by atoms with E-state index in [-0.39, 0.29) is 24.1 Å². The van der Waals surface area contributed by atoms with E-state index in [0.29, 0.717) is 17.7 Å². The summed E-state index contributed by atoms with van der Waals surface area (Å²) in [5.41, 5.74) is 1.86. The second kappa shape index (κ2) is 15.0. The largest absolute Gasteiger partial charge is 0.508 e. The van der Waals surface area contributed by atoms with Crippen LogP contribution >= 0.6 is 0 Å². The molecule has 0 aromatic heterocycles. The predicted octanol–water partition coefficient (Wildman–Crippen LogP) is 4.32. The van der Waals surface area contributed by atoms with E-state index < -0.39 is 5.97 Å². The Morgan fingerprint density at radius 2 is 1.22 bits per heavy atom. The number of esters is 2. The highest BCUT2D eigenvalue weighted by molar-refractivity contribution is 5.89. The summed E-state index contributed by atoms with van der Waals surface area (Å²) in [6.07, 6.45) is 0.809. The van der Waals surface area contributed by atoms with Crippen LogP contribution in [-0.2, 0) is 16.1 Å². The van der Waals surface area contributed by atoms with Crippen molar-refractivity contribution in [1.29, 1.82) is 0 Å². The number of ether oxygens (including phenoxy) is 2. The van der Waals surface area contributed by atoms with Gasteiger partial charge in [-0.1, -0.05) is 37.3 Å². The average molecular weight is 440 g/mol. The second-order valence-corrected chi connectivity index (χ2v) is 6.36. The van der Waals surface area contributed by atoms with Crippen LogP contribution < -0.4 is 0 Å². The molecule has 0 fully saturated rings. The Kier molecular flexibility index (Phi) is 12.3. The number of methoxy groups -OCH3 is 1. The normalized spacial score (nSPS) is 9.34. The van der Waals surface area contributed by atoms with Gasteiger partial charge in [0.2, 0.25) is 0 Å². The third-order valence-electron chi connectivity index (χ3n) is 3.85. The molecule has 32 heavy (non-hydrogen) atoms. The summed E-state index contributed by atoms with van der Waals surface area (Å²) >= 11 is 0. The lowest BCUT2D eigenvalue weighted by atomic mass is 10.2. The summed E-state index contributed by atoms with van der Waals surface area (Å²) < 4.78 is 9.35. The molecule has 0 amide bonds. The number of phenols is 2. The molecule has 7 heteroatoms. The van der Waals surface area contributed by atoms with Crippen LogP contribution in [-0.4, -0.2) is 41.0 Å². The summed E-state index contributed by atoms with van der Waals surface area (Å²) in [4.78, 5) is 22.0. The minimum Gasteiger partial charge on any atom is -0.508 e. The number of hydrogen-bond donors (Lipinski definition) is 3. The van der Waals surface area contributed by atoms with Gasteiger partial charge in [-0.25, -0.2) is 9.59 Å². The van der Waals surface area contributed by atoms with Crippen LogP contribution in [0.25, 0.3) is 0 Å². The fourth-order valence-electron chi connectivity index (χ4n) is 2.17.